The highest BCUT2D eigenvalue weighted by Gasteiger charge is 2.39. The van der Waals surface area contributed by atoms with Gasteiger partial charge in [-0.05, 0) is 19.8 Å². The number of aromatic nitrogens is 4. The third kappa shape index (κ3) is 3.98. The lowest BCUT2D eigenvalue weighted by Gasteiger charge is -2.21. The fourth-order valence-electron chi connectivity index (χ4n) is 3.07. The number of hydrogen-bond acceptors (Lipinski definition) is 9. The van der Waals surface area contributed by atoms with Gasteiger partial charge in [0.25, 0.3) is 6.47 Å². The van der Waals surface area contributed by atoms with Gasteiger partial charge in [0.05, 0.1) is 26.6 Å². The van der Waals surface area contributed by atoms with Gasteiger partial charge >= 0.3 is 6.08 Å². The molecule has 1 aliphatic rings. The lowest BCUT2D eigenvalue weighted by Crippen LogP contribution is -2.31. The summed E-state index contributed by atoms with van der Waals surface area (Å²) in [7, 11) is 1.41. The van der Waals surface area contributed by atoms with Crippen LogP contribution in [0.5, 0.6) is 0 Å². The molecule has 10 nitrogen and oxygen atoms in total. The van der Waals surface area contributed by atoms with Crippen LogP contribution in [0.3, 0.4) is 0 Å². The minimum Gasteiger partial charge on any atom is -0.496 e. The second kappa shape index (κ2) is 8.42. The van der Waals surface area contributed by atoms with Gasteiger partial charge in [-0.15, -0.1) is 6.42 Å². The number of fused-ring (bicyclic) bond motifs is 1. The van der Waals surface area contributed by atoms with Gasteiger partial charge in [-0.1, -0.05) is 5.92 Å². The van der Waals surface area contributed by atoms with Crippen LogP contribution < -0.4 is 5.32 Å². The number of rotatable bonds is 8. The van der Waals surface area contributed by atoms with Crippen molar-refractivity contribution >= 4 is 23.5 Å². The van der Waals surface area contributed by atoms with Gasteiger partial charge in [0.2, 0.25) is 0 Å². The quantitative estimate of drug-likeness (QED) is 0.288. The molecule has 0 aliphatic carbocycles. The van der Waals surface area contributed by atoms with Gasteiger partial charge in [-0.3, -0.25) is 9.36 Å². The number of nitrogens with one attached hydrogen (secondary N) is 1. The molecule has 154 valence electrons. The smallest absolute Gasteiger partial charge is 0.312 e. The number of hydrogen-bond donors (Lipinski definition) is 2. The summed E-state index contributed by atoms with van der Waals surface area (Å²) in [6.45, 7) is 1.58. The molecule has 1 aliphatic heterocycles. The van der Waals surface area contributed by atoms with E-state index >= 15 is 0 Å². The molecule has 1 saturated heterocycles. The third-order valence-corrected chi connectivity index (χ3v) is 4.66. The Morgan fingerprint density at radius 3 is 3.03 bits per heavy atom. The molecule has 0 saturated carbocycles. The molecule has 29 heavy (non-hydrogen) atoms. The van der Waals surface area contributed by atoms with Crippen LogP contribution in [0.25, 0.3) is 11.2 Å². The Kier molecular flexibility index (Phi) is 5.95. The van der Waals surface area contributed by atoms with Gasteiger partial charge in [0.15, 0.2) is 28.3 Å². The summed E-state index contributed by atoms with van der Waals surface area (Å²) in [6, 6.07) is 0. The largest absolute Gasteiger partial charge is 0.496 e. The number of terminal acetylenes is 1. The molecular formula is C18H20FN5O5. The minimum absolute atomic E-state index is 0.0687. The van der Waals surface area contributed by atoms with Gasteiger partial charge in [0.1, 0.15) is 12.0 Å². The maximum absolute atomic E-state index is 14.1. The molecule has 2 unspecified atom stereocenters. The van der Waals surface area contributed by atoms with E-state index < -0.39 is 17.9 Å². The summed E-state index contributed by atoms with van der Waals surface area (Å²) in [5.74, 6) is 3.17. The maximum Gasteiger partial charge on any atom is 0.312 e. The molecular weight excluding hydrogens is 385 g/mol. The summed E-state index contributed by atoms with van der Waals surface area (Å²) in [5.41, 5.74) is -0.566. The zero-order valence-corrected chi connectivity index (χ0v) is 15.9. The average molecular weight is 405 g/mol. The van der Waals surface area contributed by atoms with Crippen LogP contribution >= 0.6 is 0 Å². The molecule has 0 spiro atoms. The van der Waals surface area contributed by atoms with Crippen LogP contribution in [0, 0.1) is 18.4 Å². The normalized spacial score (nSPS) is 22.1. The lowest BCUT2D eigenvalue weighted by atomic mass is 10.0. The van der Waals surface area contributed by atoms with Crippen LogP contribution in [-0.2, 0) is 19.0 Å². The highest BCUT2D eigenvalue weighted by molar-refractivity contribution is 5.82. The van der Waals surface area contributed by atoms with Gasteiger partial charge in [-0.25, -0.2) is 4.98 Å². The minimum atomic E-state index is -1.08. The Balaban J connectivity index is 1.89. The number of allylic oxidation sites excluding steroid dienone is 1. The molecule has 0 bridgehead atoms. The summed E-state index contributed by atoms with van der Waals surface area (Å²) < 4.78 is 31.4. The molecule has 3 rings (SSSR count). The molecule has 2 atom stereocenters. The molecule has 2 aromatic rings. The standard InChI is InChI=1S/C18H20FN5O5/c1-4-18(8-25)6-5-13(29-18)24-9-21-14-15(22-17(19)23-16(14)24)20-7-12(27-3)11(2)28-10-26/h1,9-10,13,25H,5-8H2,2-3H3,(H,20,22,23)/b12-11-. The monoisotopic (exact) mass is 405 g/mol. The predicted molar refractivity (Wildman–Crippen MR) is 98.6 cm³/mol. The number of ether oxygens (including phenoxy) is 3. The van der Waals surface area contributed by atoms with Crippen molar-refractivity contribution in [3.8, 4) is 12.3 Å². The molecule has 2 aromatic heterocycles. The van der Waals surface area contributed by atoms with E-state index in [1.165, 1.54) is 13.4 Å². The first-order chi connectivity index (χ1) is 14.0. The number of anilines is 1. The second-order valence-corrected chi connectivity index (χ2v) is 6.32. The van der Waals surface area contributed by atoms with E-state index in [1.807, 2.05) is 0 Å². The number of halogens is 1. The van der Waals surface area contributed by atoms with E-state index in [2.05, 4.69) is 26.2 Å². The van der Waals surface area contributed by atoms with Gasteiger partial charge < -0.3 is 24.6 Å². The van der Waals surface area contributed by atoms with Gasteiger partial charge in [0, 0.05) is 0 Å². The zero-order chi connectivity index (χ0) is 21.0. The highest BCUT2D eigenvalue weighted by Crippen LogP contribution is 2.37. The van der Waals surface area contributed by atoms with Crippen LogP contribution in [0.2, 0.25) is 0 Å². The fraction of sp³-hybridized carbons (Fsp3) is 0.444. The van der Waals surface area contributed by atoms with Crippen molar-refractivity contribution in [2.24, 2.45) is 0 Å². The Bertz CT molecular complexity index is 985. The molecule has 0 aromatic carbocycles. The SMILES string of the molecule is C#CC1(CO)CCC(n2cnc3c(NC/C(OC)=C(\C)OC=O)nc(F)nc32)O1. The Morgan fingerprint density at radius 2 is 2.41 bits per heavy atom. The predicted octanol–water partition coefficient (Wildman–Crippen LogP) is 1.10. The first-order valence-corrected chi connectivity index (χ1v) is 8.71. The number of carbonyl (C=O) groups is 1. The number of carbonyl (C=O) groups excluding carboxylic acids is 1. The average Bonchev–Trinajstić information content (AvgIpc) is 3.33. The Labute approximate surface area is 165 Å². The number of methoxy groups -OCH3 is 1. The van der Waals surface area contributed by atoms with E-state index in [1.54, 1.807) is 11.5 Å². The van der Waals surface area contributed by atoms with Crippen molar-refractivity contribution in [3.63, 3.8) is 0 Å². The summed E-state index contributed by atoms with van der Waals surface area (Å²) in [4.78, 5) is 22.3. The fourth-order valence-corrected chi connectivity index (χ4v) is 3.07. The summed E-state index contributed by atoms with van der Waals surface area (Å²) in [5, 5.41) is 12.4. The summed E-state index contributed by atoms with van der Waals surface area (Å²) in [6.07, 6.45) is 6.36. The van der Waals surface area contributed by atoms with Crippen LogP contribution in [0.4, 0.5) is 10.2 Å². The zero-order valence-electron chi connectivity index (χ0n) is 15.9. The number of aliphatic hydroxyl groups is 1. The Morgan fingerprint density at radius 1 is 1.62 bits per heavy atom. The Hall–Kier alpha value is -3.23. The highest BCUT2D eigenvalue weighted by atomic mass is 19.1. The molecule has 0 amide bonds. The number of aliphatic hydroxyl groups excluding tert-OH is 1. The third-order valence-electron chi connectivity index (χ3n) is 4.66. The molecule has 2 N–H and O–H groups in total. The van der Waals surface area contributed by atoms with E-state index in [9.17, 15) is 14.3 Å². The van der Waals surface area contributed by atoms with E-state index in [4.69, 9.17) is 20.6 Å². The van der Waals surface area contributed by atoms with Crippen molar-refractivity contribution < 1.29 is 28.5 Å². The maximum atomic E-state index is 14.1. The first kappa shape index (κ1) is 20.5. The lowest BCUT2D eigenvalue weighted by molar-refractivity contribution is -0.125. The van der Waals surface area contributed by atoms with E-state index in [0.717, 1.165) is 0 Å². The van der Waals surface area contributed by atoms with Crippen molar-refractivity contribution in [2.45, 2.75) is 31.6 Å². The van der Waals surface area contributed by atoms with Crippen molar-refractivity contribution in [1.29, 1.82) is 0 Å². The molecule has 11 heteroatoms. The van der Waals surface area contributed by atoms with Crippen molar-refractivity contribution in [1.82, 2.24) is 19.5 Å². The van der Waals surface area contributed by atoms with Crippen LogP contribution in [0.15, 0.2) is 17.8 Å². The molecule has 3 heterocycles. The van der Waals surface area contributed by atoms with Crippen LogP contribution in [0.1, 0.15) is 26.0 Å². The van der Waals surface area contributed by atoms with E-state index in [-0.39, 0.29) is 36.8 Å². The van der Waals surface area contributed by atoms with Crippen molar-refractivity contribution in [2.75, 3.05) is 25.6 Å². The number of nitrogens with zero attached hydrogens (tertiary/aromatic N) is 4. The van der Waals surface area contributed by atoms with Crippen LogP contribution in [-0.4, -0.2) is 57.0 Å². The first-order valence-electron chi connectivity index (χ1n) is 8.71. The van der Waals surface area contributed by atoms with E-state index in [0.29, 0.717) is 24.1 Å². The topological polar surface area (TPSA) is 121 Å². The number of imidazole rings is 1. The molecule has 0 radical (unpaired) electrons. The van der Waals surface area contributed by atoms with Crippen molar-refractivity contribution in [3.05, 3.63) is 23.9 Å². The summed E-state index contributed by atoms with van der Waals surface area (Å²) >= 11 is 0. The van der Waals surface area contributed by atoms with Gasteiger partial charge in [-0.2, -0.15) is 14.4 Å². The second-order valence-electron chi connectivity index (χ2n) is 6.32. The molecule has 1 fully saturated rings.